The summed E-state index contributed by atoms with van der Waals surface area (Å²) in [7, 11) is 0. The van der Waals surface area contributed by atoms with Crippen LogP contribution in [0.1, 0.15) is 6.92 Å². The highest BCUT2D eigenvalue weighted by Crippen LogP contribution is 2.17. The zero-order chi connectivity index (χ0) is 12.0. The molecule has 1 aromatic rings. The second kappa shape index (κ2) is 6.09. The Hall–Kier alpha value is -1.59. The number of amides is 1. The molecule has 0 bridgehead atoms. The van der Waals surface area contributed by atoms with Crippen LogP contribution < -0.4 is 15.8 Å². The second-order valence-electron chi connectivity index (χ2n) is 3.24. The summed E-state index contributed by atoms with van der Waals surface area (Å²) in [5.41, 5.74) is 5.96. The van der Waals surface area contributed by atoms with E-state index in [1.165, 1.54) is 0 Å². The lowest BCUT2D eigenvalue weighted by molar-refractivity contribution is -0.118. The highest BCUT2D eigenvalue weighted by molar-refractivity contribution is 5.94. The first-order chi connectivity index (χ1) is 7.67. The van der Waals surface area contributed by atoms with Gasteiger partial charge in [-0.2, -0.15) is 0 Å². The van der Waals surface area contributed by atoms with Crippen molar-refractivity contribution in [3.05, 3.63) is 24.3 Å². The number of aliphatic hydroxyl groups excluding tert-OH is 1. The fraction of sp³-hybridized carbons (Fsp3) is 0.364. The van der Waals surface area contributed by atoms with Crippen molar-refractivity contribution in [2.45, 2.75) is 13.0 Å². The summed E-state index contributed by atoms with van der Waals surface area (Å²) in [5, 5.41) is 11.3. The van der Waals surface area contributed by atoms with Gasteiger partial charge in [0.1, 0.15) is 11.8 Å². The van der Waals surface area contributed by atoms with Gasteiger partial charge in [-0.1, -0.05) is 6.07 Å². The van der Waals surface area contributed by atoms with Gasteiger partial charge in [-0.25, -0.2) is 0 Å². The molecule has 0 radical (unpaired) electrons. The molecule has 5 heteroatoms. The molecule has 4 N–H and O–H groups in total. The van der Waals surface area contributed by atoms with Crippen molar-refractivity contribution < 1.29 is 14.6 Å². The maximum Gasteiger partial charge on any atom is 0.243 e. The summed E-state index contributed by atoms with van der Waals surface area (Å²) >= 11 is 0. The van der Waals surface area contributed by atoms with Gasteiger partial charge in [0.05, 0.1) is 13.2 Å². The Morgan fingerprint density at radius 1 is 1.62 bits per heavy atom. The van der Waals surface area contributed by atoms with Gasteiger partial charge in [0.15, 0.2) is 0 Å². The molecule has 0 saturated heterocycles. The number of rotatable bonds is 5. The number of anilines is 1. The van der Waals surface area contributed by atoms with E-state index < -0.39 is 11.9 Å². The van der Waals surface area contributed by atoms with Gasteiger partial charge in [0.2, 0.25) is 5.91 Å². The molecule has 0 fully saturated rings. The summed E-state index contributed by atoms with van der Waals surface area (Å²) in [6.07, 6.45) is 0. The fourth-order valence-corrected chi connectivity index (χ4v) is 1.15. The predicted molar refractivity (Wildman–Crippen MR) is 61.3 cm³/mol. The lowest BCUT2D eigenvalue weighted by Crippen LogP contribution is -2.38. The Morgan fingerprint density at radius 2 is 2.38 bits per heavy atom. The number of carbonyl (C=O) groups is 1. The Bertz CT molecular complexity index is 355. The molecule has 16 heavy (non-hydrogen) atoms. The first-order valence-corrected chi connectivity index (χ1v) is 5.07. The first kappa shape index (κ1) is 12.5. The molecule has 0 aliphatic carbocycles. The van der Waals surface area contributed by atoms with Crippen molar-refractivity contribution in [1.82, 2.24) is 0 Å². The SMILES string of the molecule is CCOc1cccc(NC(=O)C(N)CO)c1. The highest BCUT2D eigenvalue weighted by atomic mass is 16.5. The molecule has 0 heterocycles. The molecular formula is C11H16N2O3. The van der Waals surface area contributed by atoms with Crippen molar-refractivity contribution in [3.63, 3.8) is 0 Å². The van der Waals surface area contributed by atoms with Crippen LogP contribution in [0.2, 0.25) is 0 Å². The zero-order valence-electron chi connectivity index (χ0n) is 9.14. The van der Waals surface area contributed by atoms with Gasteiger partial charge in [0.25, 0.3) is 0 Å². The number of hydrogen-bond acceptors (Lipinski definition) is 4. The quantitative estimate of drug-likeness (QED) is 0.673. The Balaban J connectivity index is 2.66. The maximum absolute atomic E-state index is 11.4. The monoisotopic (exact) mass is 224 g/mol. The molecule has 1 atom stereocenters. The van der Waals surface area contributed by atoms with E-state index in [4.69, 9.17) is 15.6 Å². The number of nitrogens with one attached hydrogen (secondary N) is 1. The smallest absolute Gasteiger partial charge is 0.243 e. The van der Waals surface area contributed by atoms with E-state index in [1.54, 1.807) is 24.3 Å². The minimum absolute atomic E-state index is 0.378. The number of ether oxygens (including phenoxy) is 1. The molecule has 1 rings (SSSR count). The van der Waals surface area contributed by atoms with Crippen LogP contribution in [0.3, 0.4) is 0 Å². The minimum atomic E-state index is -0.907. The molecule has 5 nitrogen and oxygen atoms in total. The Kier molecular flexibility index (Phi) is 4.75. The third-order valence-corrected chi connectivity index (χ3v) is 1.95. The van der Waals surface area contributed by atoms with E-state index in [1.807, 2.05) is 6.92 Å². The van der Waals surface area contributed by atoms with Gasteiger partial charge in [-0.3, -0.25) is 4.79 Å². The molecule has 0 aliphatic rings. The molecule has 0 aromatic heterocycles. The van der Waals surface area contributed by atoms with Gasteiger partial charge in [-0.15, -0.1) is 0 Å². The highest BCUT2D eigenvalue weighted by Gasteiger charge is 2.11. The first-order valence-electron chi connectivity index (χ1n) is 5.07. The summed E-state index contributed by atoms with van der Waals surface area (Å²) in [4.78, 5) is 11.4. The van der Waals surface area contributed by atoms with E-state index in [0.717, 1.165) is 0 Å². The van der Waals surface area contributed by atoms with Crippen molar-refractivity contribution in [3.8, 4) is 5.75 Å². The topological polar surface area (TPSA) is 84.6 Å². The molecule has 0 aliphatic heterocycles. The van der Waals surface area contributed by atoms with Crippen molar-refractivity contribution in [2.75, 3.05) is 18.5 Å². The number of aliphatic hydroxyl groups is 1. The average Bonchev–Trinajstić information content (AvgIpc) is 2.29. The number of carbonyl (C=O) groups excluding carboxylic acids is 1. The molecule has 88 valence electrons. The van der Waals surface area contributed by atoms with Crippen LogP contribution in [-0.4, -0.2) is 30.3 Å². The van der Waals surface area contributed by atoms with Crippen molar-refractivity contribution >= 4 is 11.6 Å². The summed E-state index contributed by atoms with van der Waals surface area (Å²) in [6, 6.07) is 6.09. The van der Waals surface area contributed by atoms with Gasteiger partial charge < -0.3 is 20.9 Å². The second-order valence-corrected chi connectivity index (χ2v) is 3.24. The average molecular weight is 224 g/mol. The number of benzene rings is 1. The largest absolute Gasteiger partial charge is 0.494 e. The van der Waals surface area contributed by atoms with E-state index in [0.29, 0.717) is 18.0 Å². The lowest BCUT2D eigenvalue weighted by atomic mass is 10.2. The van der Waals surface area contributed by atoms with E-state index in [9.17, 15) is 4.79 Å². The fourth-order valence-electron chi connectivity index (χ4n) is 1.15. The van der Waals surface area contributed by atoms with Crippen LogP contribution in [-0.2, 0) is 4.79 Å². The van der Waals surface area contributed by atoms with Crippen molar-refractivity contribution in [2.24, 2.45) is 5.73 Å². The normalized spacial score (nSPS) is 11.9. The van der Waals surface area contributed by atoms with Crippen LogP contribution in [0.4, 0.5) is 5.69 Å². The van der Waals surface area contributed by atoms with E-state index in [2.05, 4.69) is 5.32 Å². The third-order valence-electron chi connectivity index (χ3n) is 1.95. The van der Waals surface area contributed by atoms with Crippen LogP contribution in [0.5, 0.6) is 5.75 Å². The summed E-state index contributed by atoms with van der Waals surface area (Å²) < 4.78 is 5.28. The van der Waals surface area contributed by atoms with Gasteiger partial charge >= 0.3 is 0 Å². The van der Waals surface area contributed by atoms with Crippen molar-refractivity contribution in [1.29, 1.82) is 0 Å². The molecular weight excluding hydrogens is 208 g/mol. The van der Waals surface area contributed by atoms with E-state index >= 15 is 0 Å². The number of hydrogen-bond donors (Lipinski definition) is 3. The summed E-state index contributed by atoms with van der Waals surface area (Å²) in [6.45, 7) is 2.07. The van der Waals surface area contributed by atoms with Crippen LogP contribution >= 0.6 is 0 Å². The van der Waals surface area contributed by atoms with E-state index in [-0.39, 0.29) is 6.61 Å². The Labute approximate surface area is 94.2 Å². The van der Waals surface area contributed by atoms with Gasteiger partial charge in [-0.05, 0) is 19.1 Å². The lowest BCUT2D eigenvalue weighted by Gasteiger charge is -2.10. The minimum Gasteiger partial charge on any atom is -0.494 e. The van der Waals surface area contributed by atoms with Crippen LogP contribution in [0, 0.1) is 0 Å². The predicted octanol–water partition coefficient (Wildman–Crippen LogP) is 0.343. The molecule has 1 aromatic carbocycles. The third kappa shape index (κ3) is 3.52. The summed E-state index contributed by atoms with van der Waals surface area (Å²) in [5.74, 6) is 0.258. The number of nitrogens with two attached hydrogens (primary N) is 1. The maximum atomic E-state index is 11.4. The van der Waals surface area contributed by atoms with Gasteiger partial charge in [0, 0.05) is 11.8 Å². The Morgan fingerprint density at radius 3 is 3.00 bits per heavy atom. The molecule has 1 unspecified atom stereocenters. The van der Waals surface area contributed by atoms with Crippen LogP contribution in [0.15, 0.2) is 24.3 Å². The zero-order valence-corrected chi connectivity index (χ0v) is 9.14. The molecule has 0 saturated carbocycles. The van der Waals surface area contributed by atoms with Crippen LogP contribution in [0.25, 0.3) is 0 Å². The molecule has 1 amide bonds. The molecule has 0 spiro atoms. The standard InChI is InChI=1S/C11H16N2O3/c1-2-16-9-5-3-4-8(6-9)13-11(15)10(12)7-14/h3-6,10,14H,2,7,12H2,1H3,(H,13,15).